The Balaban J connectivity index is 1.47. The summed E-state index contributed by atoms with van der Waals surface area (Å²) < 4.78 is 5.49. The van der Waals surface area contributed by atoms with Crippen LogP contribution in [-0.2, 0) is 9.59 Å². The lowest BCUT2D eigenvalue weighted by atomic mass is 10.1. The van der Waals surface area contributed by atoms with E-state index in [1.54, 1.807) is 25.1 Å². The van der Waals surface area contributed by atoms with Crippen molar-refractivity contribution < 1.29 is 23.9 Å². The number of rotatable bonds is 2. The zero-order valence-electron chi connectivity index (χ0n) is 15.6. The fraction of sp³-hybridized carbons (Fsp3) is 0.474. The zero-order valence-corrected chi connectivity index (χ0v) is 15.6. The van der Waals surface area contributed by atoms with Crippen LogP contribution in [0.4, 0.5) is 0 Å². The molecule has 0 radical (unpaired) electrons. The van der Waals surface area contributed by atoms with E-state index in [2.05, 4.69) is 10.3 Å². The van der Waals surface area contributed by atoms with Crippen LogP contribution in [0.2, 0.25) is 0 Å². The predicted octanol–water partition coefficient (Wildman–Crippen LogP) is 0.0601. The zero-order chi connectivity index (χ0) is 19.8. The van der Waals surface area contributed by atoms with Crippen molar-refractivity contribution >= 4 is 28.8 Å². The summed E-state index contributed by atoms with van der Waals surface area (Å²) in [5, 5.41) is 13.0. The summed E-state index contributed by atoms with van der Waals surface area (Å²) in [4.78, 5) is 44.2. The van der Waals surface area contributed by atoms with Crippen molar-refractivity contribution in [3.05, 3.63) is 29.7 Å². The van der Waals surface area contributed by atoms with Crippen LogP contribution >= 0.6 is 0 Å². The number of carbonyl (C=O) groups excluding carboxylic acids is 3. The summed E-state index contributed by atoms with van der Waals surface area (Å²) in [6.07, 6.45) is -0.0615. The normalized spacial score (nSPS) is 23.0. The van der Waals surface area contributed by atoms with Crippen molar-refractivity contribution in [1.29, 1.82) is 0 Å². The molecular formula is C19H22N4O5. The number of hydrogen-bond acceptors (Lipinski definition) is 6. The van der Waals surface area contributed by atoms with E-state index >= 15 is 0 Å². The third kappa shape index (κ3) is 3.57. The van der Waals surface area contributed by atoms with Crippen LogP contribution in [0.15, 0.2) is 22.6 Å². The third-order valence-corrected chi connectivity index (χ3v) is 5.14. The van der Waals surface area contributed by atoms with E-state index in [-0.39, 0.29) is 30.8 Å². The minimum absolute atomic E-state index is 0.132. The van der Waals surface area contributed by atoms with E-state index in [0.29, 0.717) is 48.5 Å². The van der Waals surface area contributed by atoms with Crippen LogP contribution < -0.4 is 5.32 Å². The molecule has 1 aromatic heterocycles. The monoisotopic (exact) mass is 386 g/mol. The van der Waals surface area contributed by atoms with Gasteiger partial charge in [-0.1, -0.05) is 0 Å². The van der Waals surface area contributed by atoms with E-state index in [4.69, 9.17) is 4.42 Å². The van der Waals surface area contributed by atoms with Crippen molar-refractivity contribution in [2.24, 2.45) is 0 Å². The lowest BCUT2D eigenvalue weighted by Gasteiger charge is -2.24. The summed E-state index contributed by atoms with van der Waals surface area (Å²) in [5.74, 6) is -0.0576. The van der Waals surface area contributed by atoms with Gasteiger partial charge in [-0.05, 0) is 24.6 Å². The molecule has 148 valence electrons. The maximum atomic E-state index is 12.9. The van der Waals surface area contributed by atoms with E-state index in [1.807, 2.05) is 0 Å². The number of aliphatic hydroxyl groups excluding tert-OH is 1. The highest BCUT2D eigenvalue weighted by atomic mass is 16.3. The number of aliphatic hydroxyl groups is 1. The fourth-order valence-corrected chi connectivity index (χ4v) is 3.75. The lowest BCUT2D eigenvalue weighted by Crippen LogP contribution is -2.47. The van der Waals surface area contributed by atoms with Crippen molar-refractivity contribution in [3.63, 3.8) is 0 Å². The second-order valence-corrected chi connectivity index (χ2v) is 7.26. The van der Waals surface area contributed by atoms with E-state index < -0.39 is 12.1 Å². The number of aromatic nitrogens is 1. The Bertz CT molecular complexity index is 940. The number of hydrogen-bond donors (Lipinski definition) is 2. The molecule has 2 aliphatic heterocycles. The largest absolute Gasteiger partial charge is 0.441 e. The van der Waals surface area contributed by atoms with Crippen LogP contribution in [0.1, 0.15) is 29.1 Å². The van der Waals surface area contributed by atoms with Gasteiger partial charge in [0.1, 0.15) is 11.6 Å². The van der Waals surface area contributed by atoms with Gasteiger partial charge >= 0.3 is 0 Å². The summed E-state index contributed by atoms with van der Waals surface area (Å²) >= 11 is 0. The Kier molecular flexibility index (Phi) is 4.76. The van der Waals surface area contributed by atoms with Crippen molar-refractivity contribution in [2.75, 3.05) is 26.2 Å². The van der Waals surface area contributed by atoms with Crippen LogP contribution in [0.5, 0.6) is 0 Å². The maximum Gasteiger partial charge on any atom is 0.254 e. The summed E-state index contributed by atoms with van der Waals surface area (Å²) in [6, 6.07) is 4.51. The molecule has 2 aromatic rings. The average Bonchev–Trinajstić information content (AvgIpc) is 3.20. The van der Waals surface area contributed by atoms with Gasteiger partial charge in [0.15, 0.2) is 11.5 Å². The summed E-state index contributed by atoms with van der Waals surface area (Å²) in [6.45, 7) is 2.61. The second-order valence-electron chi connectivity index (χ2n) is 7.26. The molecule has 9 heteroatoms. The molecule has 28 heavy (non-hydrogen) atoms. The highest BCUT2D eigenvalue weighted by Crippen LogP contribution is 2.19. The Morgan fingerprint density at radius 2 is 2.00 bits per heavy atom. The number of nitrogens with zero attached hydrogens (tertiary/aromatic N) is 3. The van der Waals surface area contributed by atoms with Crippen molar-refractivity contribution in [3.8, 4) is 0 Å². The van der Waals surface area contributed by atoms with Crippen LogP contribution in [0.3, 0.4) is 0 Å². The van der Waals surface area contributed by atoms with Gasteiger partial charge in [0.2, 0.25) is 11.8 Å². The minimum atomic E-state index is -0.858. The van der Waals surface area contributed by atoms with E-state index in [9.17, 15) is 19.5 Å². The second kappa shape index (κ2) is 7.23. The summed E-state index contributed by atoms with van der Waals surface area (Å²) in [5.41, 5.74) is 1.66. The standard InChI is InChI=1S/C19H22N4O5/c1-11-20-14-3-2-12(8-16(14)28-11)18(26)22-6-7-23(10-13(24)9-22)19(27)15-4-5-17(25)21-15/h2-3,8,13,15,24H,4-7,9-10H2,1H3,(H,21,25)/t13?,15-/m0/s1. The van der Waals surface area contributed by atoms with Gasteiger partial charge < -0.3 is 24.6 Å². The van der Waals surface area contributed by atoms with E-state index in [0.717, 1.165) is 0 Å². The van der Waals surface area contributed by atoms with E-state index in [1.165, 1.54) is 9.80 Å². The lowest BCUT2D eigenvalue weighted by molar-refractivity contribution is -0.135. The third-order valence-electron chi connectivity index (χ3n) is 5.14. The molecule has 3 amide bonds. The molecule has 2 atom stereocenters. The molecule has 2 aliphatic rings. The van der Waals surface area contributed by atoms with Gasteiger partial charge in [-0.2, -0.15) is 0 Å². The molecule has 0 spiro atoms. The maximum absolute atomic E-state index is 12.9. The molecule has 1 aromatic carbocycles. The van der Waals surface area contributed by atoms with Gasteiger partial charge in [-0.15, -0.1) is 0 Å². The first-order valence-electron chi connectivity index (χ1n) is 9.33. The van der Waals surface area contributed by atoms with Gasteiger partial charge in [-0.3, -0.25) is 14.4 Å². The molecule has 0 saturated carbocycles. The fourth-order valence-electron chi connectivity index (χ4n) is 3.75. The Morgan fingerprint density at radius 3 is 2.75 bits per heavy atom. The van der Waals surface area contributed by atoms with Crippen LogP contribution in [-0.4, -0.2) is 75.9 Å². The van der Waals surface area contributed by atoms with Crippen molar-refractivity contribution in [2.45, 2.75) is 31.9 Å². The first-order chi connectivity index (χ1) is 13.4. The molecule has 0 bridgehead atoms. The number of aryl methyl sites for hydroxylation is 1. The smallest absolute Gasteiger partial charge is 0.254 e. The molecule has 3 heterocycles. The number of benzene rings is 1. The topological polar surface area (TPSA) is 116 Å². The van der Waals surface area contributed by atoms with Gasteiger partial charge in [0, 0.05) is 45.1 Å². The summed E-state index contributed by atoms with van der Waals surface area (Å²) in [7, 11) is 0. The highest BCUT2D eigenvalue weighted by molar-refractivity contribution is 5.97. The highest BCUT2D eigenvalue weighted by Gasteiger charge is 2.34. The van der Waals surface area contributed by atoms with Gasteiger partial charge in [0.05, 0.1) is 6.10 Å². The Morgan fingerprint density at radius 1 is 1.25 bits per heavy atom. The van der Waals surface area contributed by atoms with Crippen LogP contribution in [0, 0.1) is 6.92 Å². The quantitative estimate of drug-likeness (QED) is 0.754. The molecule has 0 aliphatic carbocycles. The van der Waals surface area contributed by atoms with Crippen molar-refractivity contribution in [1.82, 2.24) is 20.1 Å². The van der Waals surface area contributed by atoms with Gasteiger partial charge in [-0.25, -0.2) is 4.98 Å². The Labute approximate surface area is 161 Å². The average molecular weight is 386 g/mol. The van der Waals surface area contributed by atoms with Crippen LogP contribution in [0.25, 0.3) is 11.1 Å². The number of fused-ring (bicyclic) bond motifs is 1. The number of nitrogens with one attached hydrogen (secondary N) is 1. The Hall–Kier alpha value is -2.94. The molecule has 2 N–H and O–H groups in total. The first kappa shape index (κ1) is 18.4. The SMILES string of the molecule is Cc1nc2ccc(C(=O)N3CCN(C(=O)[C@@H]4CCC(=O)N4)CC(O)C3)cc2o1. The minimum Gasteiger partial charge on any atom is -0.441 e. The molecule has 9 nitrogen and oxygen atoms in total. The number of carbonyl (C=O) groups is 3. The van der Waals surface area contributed by atoms with Gasteiger partial charge in [0.25, 0.3) is 5.91 Å². The number of oxazole rings is 1. The molecule has 2 fully saturated rings. The number of amides is 3. The predicted molar refractivity (Wildman–Crippen MR) is 98.4 cm³/mol. The molecular weight excluding hydrogens is 364 g/mol. The number of β-amino-alcohol motifs (C(OH)–C–C–N with tert-alkyl or cyclic N) is 1. The molecule has 4 rings (SSSR count). The molecule has 2 saturated heterocycles. The first-order valence-corrected chi connectivity index (χ1v) is 9.33. The molecule has 1 unspecified atom stereocenters.